The van der Waals surface area contributed by atoms with Crippen LogP contribution in [0.1, 0.15) is 56.8 Å². The molecule has 2 fully saturated rings. The van der Waals surface area contributed by atoms with Gasteiger partial charge < -0.3 is 4.74 Å². The Labute approximate surface area is 127 Å². The molecule has 3 atom stereocenters. The van der Waals surface area contributed by atoms with E-state index in [0.717, 1.165) is 11.5 Å². The summed E-state index contributed by atoms with van der Waals surface area (Å²) in [5, 5.41) is 0. The molecule has 1 aromatic rings. The number of fused-ring (bicyclic) bond motifs is 2. The van der Waals surface area contributed by atoms with Gasteiger partial charge in [-0.15, -0.1) is 0 Å². The molecule has 2 aliphatic rings. The monoisotopic (exact) mass is 286 g/mol. The average molecular weight is 286 g/mol. The number of hydrogen-bond acceptors (Lipinski definition) is 2. The van der Waals surface area contributed by atoms with Crippen molar-refractivity contribution in [2.75, 3.05) is 6.61 Å². The minimum atomic E-state index is 0.183. The number of ketones is 1. The molecule has 3 unspecified atom stereocenters. The van der Waals surface area contributed by atoms with Gasteiger partial charge in [0.05, 0.1) is 12.7 Å². The number of Topliss-reactive ketones (excluding diaryl/α,β-unsaturated/α-hetero) is 1. The number of carbonyl (C=O) groups is 1. The summed E-state index contributed by atoms with van der Waals surface area (Å²) in [6.45, 7) is 7.72. The first kappa shape index (κ1) is 14.8. The summed E-state index contributed by atoms with van der Waals surface area (Å²) < 4.78 is 6.15. The molecule has 2 saturated carbocycles. The highest BCUT2D eigenvalue weighted by Gasteiger charge is 2.61. The Balaban J connectivity index is 1.54. The molecular formula is C19H26O2. The summed E-state index contributed by atoms with van der Waals surface area (Å²) in [5.74, 6) is 0.973. The molecule has 0 N–H and O–H groups in total. The molecular weight excluding hydrogens is 260 g/mol. The molecule has 2 nitrogen and oxygen atoms in total. The van der Waals surface area contributed by atoms with Crippen LogP contribution in [-0.2, 0) is 4.74 Å². The van der Waals surface area contributed by atoms with Crippen LogP contribution in [0, 0.1) is 16.7 Å². The molecule has 0 amide bonds. The minimum absolute atomic E-state index is 0.183. The van der Waals surface area contributed by atoms with Crippen LogP contribution in [-0.4, -0.2) is 18.5 Å². The number of ether oxygens (including phenoxy) is 1. The van der Waals surface area contributed by atoms with E-state index < -0.39 is 0 Å². The number of rotatable bonds is 5. The first-order valence-corrected chi connectivity index (χ1v) is 8.15. The molecule has 0 aromatic heterocycles. The zero-order valence-electron chi connectivity index (χ0n) is 13.4. The molecule has 0 saturated heterocycles. The van der Waals surface area contributed by atoms with Crippen LogP contribution >= 0.6 is 0 Å². The molecule has 1 aromatic carbocycles. The second-order valence-corrected chi connectivity index (χ2v) is 7.51. The lowest BCUT2D eigenvalue weighted by Gasteiger charge is -2.38. The fourth-order valence-corrected chi connectivity index (χ4v) is 4.44. The molecule has 2 heteroatoms. The number of benzene rings is 1. The van der Waals surface area contributed by atoms with E-state index in [-0.39, 0.29) is 11.2 Å². The summed E-state index contributed by atoms with van der Waals surface area (Å²) in [5.41, 5.74) is 1.45. The predicted octanol–water partition coefficient (Wildman–Crippen LogP) is 4.49. The Morgan fingerprint density at radius 3 is 2.52 bits per heavy atom. The molecule has 0 heterocycles. The zero-order chi connectivity index (χ0) is 15.1. The minimum Gasteiger partial charge on any atom is -0.377 e. The summed E-state index contributed by atoms with van der Waals surface area (Å²) in [6, 6.07) is 9.52. The molecule has 0 aliphatic heterocycles. The summed E-state index contributed by atoms with van der Waals surface area (Å²) in [6.07, 6.45) is 4.59. The van der Waals surface area contributed by atoms with Crippen LogP contribution in [0.15, 0.2) is 30.3 Å². The maximum absolute atomic E-state index is 12.1. The quantitative estimate of drug-likeness (QED) is 0.745. The van der Waals surface area contributed by atoms with Crippen molar-refractivity contribution in [3.05, 3.63) is 35.9 Å². The second-order valence-electron chi connectivity index (χ2n) is 7.51. The number of carbonyl (C=O) groups excluding carboxylic acids is 1. The van der Waals surface area contributed by atoms with Crippen molar-refractivity contribution in [3.8, 4) is 0 Å². The van der Waals surface area contributed by atoms with Gasteiger partial charge in [-0.25, -0.2) is 0 Å². The Morgan fingerprint density at radius 2 is 1.95 bits per heavy atom. The van der Waals surface area contributed by atoms with Gasteiger partial charge in [0, 0.05) is 12.0 Å². The van der Waals surface area contributed by atoms with Gasteiger partial charge in [-0.1, -0.05) is 51.1 Å². The first-order chi connectivity index (χ1) is 9.95. The van der Waals surface area contributed by atoms with Crippen molar-refractivity contribution >= 4 is 5.78 Å². The van der Waals surface area contributed by atoms with Gasteiger partial charge in [-0.2, -0.15) is 0 Å². The smallest absolute Gasteiger partial charge is 0.165 e. The molecule has 3 rings (SSSR count). The maximum Gasteiger partial charge on any atom is 0.165 e. The maximum atomic E-state index is 12.1. The third kappa shape index (κ3) is 2.34. The van der Waals surface area contributed by atoms with Crippen molar-refractivity contribution in [2.24, 2.45) is 16.7 Å². The molecule has 114 valence electrons. The van der Waals surface area contributed by atoms with E-state index in [0.29, 0.717) is 24.5 Å². The van der Waals surface area contributed by atoms with Gasteiger partial charge in [0.15, 0.2) is 5.78 Å². The largest absolute Gasteiger partial charge is 0.377 e. The van der Waals surface area contributed by atoms with Crippen LogP contribution in [0.4, 0.5) is 0 Å². The van der Waals surface area contributed by atoms with Crippen molar-refractivity contribution in [2.45, 2.75) is 52.6 Å². The summed E-state index contributed by atoms with van der Waals surface area (Å²) >= 11 is 0. The molecule has 21 heavy (non-hydrogen) atoms. The van der Waals surface area contributed by atoms with E-state index in [1.54, 1.807) is 0 Å². The Morgan fingerprint density at radius 1 is 1.24 bits per heavy atom. The molecule has 2 bridgehead atoms. The zero-order valence-corrected chi connectivity index (χ0v) is 13.4. The standard InChI is InChI=1S/C19H26O2/c1-18(2)15-9-11-19(18,3)17(13-15)21-12-10-16(20)14-7-5-4-6-8-14/h4-8,15,17H,9-13H2,1-3H3. The Bertz CT molecular complexity index is 520. The van der Waals surface area contributed by atoms with Gasteiger partial charge >= 0.3 is 0 Å². The SMILES string of the molecule is CC1(C)C2CCC1(C)C(OCCC(=O)c1ccccc1)C2. The lowest BCUT2D eigenvalue weighted by Crippen LogP contribution is -2.37. The topological polar surface area (TPSA) is 26.3 Å². The van der Waals surface area contributed by atoms with Crippen LogP contribution < -0.4 is 0 Å². The van der Waals surface area contributed by atoms with E-state index in [2.05, 4.69) is 20.8 Å². The second kappa shape index (κ2) is 5.24. The van der Waals surface area contributed by atoms with E-state index >= 15 is 0 Å². The fourth-order valence-electron chi connectivity index (χ4n) is 4.44. The van der Waals surface area contributed by atoms with E-state index in [4.69, 9.17) is 4.74 Å². The lowest BCUT2D eigenvalue weighted by molar-refractivity contribution is -0.0454. The van der Waals surface area contributed by atoms with Gasteiger partial charge in [-0.05, 0) is 36.0 Å². The molecule has 2 aliphatic carbocycles. The number of hydrogen-bond donors (Lipinski definition) is 0. The van der Waals surface area contributed by atoms with Crippen LogP contribution in [0.5, 0.6) is 0 Å². The van der Waals surface area contributed by atoms with E-state index in [1.165, 1.54) is 19.3 Å². The van der Waals surface area contributed by atoms with Crippen LogP contribution in [0.3, 0.4) is 0 Å². The normalized spacial score (nSPS) is 33.3. The third-order valence-corrected chi connectivity index (χ3v) is 6.46. The highest BCUT2D eigenvalue weighted by atomic mass is 16.5. The highest BCUT2D eigenvalue weighted by molar-refractivity contribution is 5.96. The first-order valence-electron chi connectivity index (χ1n) is 8.15. The Hall–Kier alpha value is -1.15. The molecule has 0 spiro atoms. The fraction of sp³-hybridized carbons (Fsp3) is 0.632. The average Bonchev–Trinajstić information content (AvgIpc) is 2.81. The van der Waals surface area contributed by atoms with Crippen molar-refractivity contribution in [3.63, 3.8) is 0 Å². The summed E-state index contributed by atoms with van der Waals surface area (Å²) in [4.78, 5) is 12.1. The van der Waals surface area contributed by atoms with Gasteiger partial charge in [-0.3, -0.25) is 4.79 Å². The lowest BCUT2D eigenvalue weighted by atomic mass is 9.70. The van der Waals surface area contributed by atoms with E-state index in [9.17, 15) is 4.79 Å². The van der Waals surface area contributed by atoms with Gasteiger partial charge in [0.1, 0.15) is 0 Å². The highest BCUT2D eigenvalue weighted by Crippen LogP contribution is 2.66. The van der Waals surface area contributed by atoms with E-state index in [1.807, 2.05) is 30.3 Å². The van der Waals surface area contributed by atoms with Crippen molar-refractivity contribution in [1.29, 1.82) is 0 Å². The van der Waals surface area contributed by atoms with Crippen molar-refractivity contribution in [1.82, 2.24) is 0 Å². The van der Waals surface area contributed by atoms with Crippen LogP contribution in [0.2, 0.25) is 0 Å². The summed E-state index contributed by atoms with van der Waals surface area (Å²) in [7, 11) is 0. The van der Waals surface area contributed by atoms with Crippen molar-refractivity contribution < 1.29 is 9.53 Å². The Kier molecular flexibility index (Phi) is 3.69. The third-order valence-electron chi connectivity index (χ3n) is 6.46. The van der Waals surface area contributed by atoms with Gasteiger partial charge in [0.2, 0.25) is 0 Å². The van der Waals surface area contributed by atoms with Gasteiger partial charge in [0.25, 0.3) is 0 Å². The molecule has 0 radical (unpaired) electrons. The predicted molar refractivity (Wildman–Crippen MR) is 84.4 cm³/mol. The van der Waals surface area contributed by atoms with Crippen LogP contribution in [0.25, 0.3) is 0 Å².